The van der Waals surface area contributed by atoms with Crippen LogP contribution in [-0.4, -0.2) is 33.9 Å². The summed E-state index contributed by atoms with van der Waals surface area (Å²) in [6.07, 6.45) is 2.22. The number of piperidine rings is 1. The summed E-state index contributed by atoms with van der Waals surface area (Å²) in [7, 11) is 0. The number of pyridine rings is 1. The first kappa shape index (κ1) is 18.4. The normalized spacial score (nSPS) is 17.8. The van der Waals surface area contributed by atoms with Gasteiger partial charge in [0.05, 0.1) is 5.69 Å². The van der Waals surface area contributed by atoms with Crippen molar-refractivity contribution >= 4 is 5.78 Å². The van der Waals surface area contributed by atoms with Crippen molar-refractivity contribution in [1.82, 2.24) is 9.88 Å². The molecule has 1 saturated heterocycles. The van der Waals surface area contributed by atoms with E-state index in [0.29, 0.717) is 37.5 Å². The van der Waals surface area contributed by atoms with Crippen molar-refractivity contribution in [2.24, 2.45) is 5.92 Å². The number of nitrogens with zero attached hydrogens (tertiary/aromatic N) is 2. The Balaban J connectivity index is 1.63. The van der Waals surface area contributed by atoms with E-state index in [1.807, 2.05) is 36.4 Å². The van der Waals surface area contributed by atoms with Crippen LogP contribution in [0.4, 0.5) is 0 Å². The van der Waals surface area contributed by atoms with Crippen LogP contribution in [0.1, 0.15) is 29.2 Å². The van der Waals surface area contributed by atoms with Gasteiger partial charge in [0, 0.05) is 44.1 Å². The summed E-state index contributed by atoms with van der Waals surface area (Å²) in [5.41, 5.74) is 2.98. The van der Waals surface area contributed by atoms with Crippen molar-refractivity contribution < 1.29 is 9.90 Å². The Kier molecular flexibility index (Phi) is 5.49. The van der Waals surface area contributed by atoms with E-state index in [0.717, 1.165) is 11.1 Å². The zero-order chi connectivity index (χ0) is 19.3. The van der Waals surface area contributed by atoms with Gasteiger partial charge < -0.3 is 5.11 Å². The summed E-state index contributed by atoms with van der Waals surface area (Å²) < 4.78 is 0. The van der Waals surface area contributed by atoms with Crippen molar-refractivity contribution in [3.05, 3.63) is 95.8 Å². The average molecular weight is 372 g/mol. The standard InChI is InChI=1S/C24H24N2O2/c27-22-13-15-26(17-21-23(28)12-7-14-25-21)16-20(22)24(18-8-3-1-4-9-18)19-10-5-2-6-11-19/h1-12,14,20,24,28H,13,15-17H2. The van der Waals surface area contributed by atoms with Crippen molar-refractivity contribution in [3.8, 4) is 5.75 Å². The van der Waals surface area contributed by atoms with E-state index in [4.69, 9.17) is 0 Å². The molecule has 142 valence electrons. The highest BCUT2D eigenvalue weighted by atomic mass is 16.3. The Bertz CT molecular complexity index is 888. The molecule has 0 spiro atoms. The summed E-state index contributed by atoms with van der Waals surface area (Å²) >= 11 is 0. The quantitative estimate of drug-likeness (QED) is 0.735. The van der Waals surface area contributed by atoms with Gasteiger partial charge in [0.2, 0.25) is 0 Å². The minimum absolute atomic E-state index is 0.0232. The predicted octanol–water partition coefficient (Wildman–Crippen LogP) is 4.01. The van der Waals surface area contributed by atoms with E-state index in [1.54, 1.807) is 18.3 Å². The molecule has 0 bridgehead atoms. The SMILES string of the molecule is O=C1CCN(Cc2ncccc2O)CC1C(c1ccccc1)c1ccccc1. The maximum absolute atomic E-state index is 13.0. The van der Waals surface area contributed by atoms with E-state index in [2.05, 4.69) is 34.1 Å². The van der Waals surface area contributed by atoms with E-state index in [-0.39, 0.29) is 17.6 Å². The maximum atomic E-state index is 13.0. The molecule has 1 aliphatic rings. The number of likely N-dealkylation sites (tertiary alicyclic amines) is 1. The molecule has 4 rings (SSSR count). The second-order valence-electron chi connectivity index (χ2n) is 7.33. The number of ketones is 1. The molecule has 1 fully saturated rings. The predicted molar refractivity (Wildman–Crippen MR) is 109 cm³/mol. The molecule has 1 aliphatic heterocycles. The van der Waals surface area contributed by atoms with Crippen molar-refractivity contribution in [2.45, 2.75) is 18.9 Å². The molecule has 4 nitrogen and oxygen atoms in total. The fourth-order valence-corrected chi connectivity index (χ4v) is 4.10. The maximum Gasteiger partial charge on any atom is 0.139 e. The van der Waals surface area contributed by atoms with Gasteiger partial charge in [0.25, 0.3) is 0 Å². The number of carbonyl (C=O) groups is 1. The van der Waals surface area contributed by atoms with Crippen molar-refractivity contribution in [3.63, 3.8) is 0 Å². The van der Waals surface area contributed by atoms with E-state index >= 15 is 0 Å². The van der Waals surface area contributed by atoms with Gasteiger partial charge in [-0.1, -0.05) is 60.7 Å². The molecule has 2 heterocycles. The van der Waals surface area contributed by atoms with Crippen LogP contribution in [0.3, 0.4) is 0 Å². The van der Waals surface area contributed by atoms with Gasteiger partial charge in [-0.3, -0.25) is 14.7 Å². The summed E-state index contributed by atoms with van der Waals surface area (Å²) in [6, 6.07) is 23.9. The van der Waals surface area contributed by atoms with Gasteiger partial charge in [0.1, 0.15) is 11.5 Å². The van der Waals surface area contributed by atoms with Crippen LogP contribution in [0.2, 0.25) is 0 Å². The molecule has 2 aromatic carbocycles. The van der Waals surface area contributed by atoms with E-state index in [9.17, 15) is 9.90 Å². The molecule has 1 atom stereocenters. The van der Waals surface area contributed by atoms with Crippen molar-refractivity contribution in [1.29, 1.82) is 0 Å². The van der Waals surface area contributed by atoms with Crippen LogP contribution in [0.5, 0.6) is 5.75 Å². The molecule has 1 unspecified atom stereocenters. The number of hydrogen-bond acceptors (Lipinski definition) is 4. The van der Waals surface area contributed by atoms with Crippen LogP contribution in [0.15, 0.2) is 79.0 Å². The molecule has 0 saturated carbocycles. The molecular weight excluding hydrogens is 348 g/mol. The first-order valence-corrected chi connectivity index (χ1v) is 9.70. The molecular formula is C24H24N2O2. The number of rotatable bonds is 5. The molecule has 3 aromatic rings. The minimum Gasteiger partial charge on any atom is -0.506 e. The van der Waals surface area contributed by atoms with Crippen LogP contribution < -0.4 is 0 Å². The van der Waals surface area contributed by atoms with Gasteiger partial charge in [-0.25, -0.2) is 0 Å². The molecule has 0 amide bonds. The summed E-state index contributed by atoms with van der Waals surface area (Å²) in [6.45, 7) is 1.90. The number of hydrogen-bond donors (Lipinski definition) is 1. The Morgan fingerprint density at radius 2 is 1.61 bits per heavy atom. The molecule has 0 radical (unpaired) electrons. The highest BCUT2D eigenvalue weighted by Crippen LogP contribution is 2.36. The van der Waals surface area contributed by atoms with Gasteiger partial charge in [-0.2, -0.15) is 0 Å². The first-order chi connectivity index (χ1) is 13.7. The molecule has 28 heavy (non-hydrogen) atoms. The zero-order valence-corrected chi connectivity index (χ0v) is 15.7. The summed E-state index contributed by atoms with van der Waals surface area (Å²) in [5.74, 6) is 0.414. The average Bonchev–Trinajstić information content (AvgIpc) is 2.74. The third-order valence-electron chi connectivity index (χ3n) is 5.50. The second kappa shape index (κ2) is 8.36. The topological polar surface area (TPSA) is 53.4 Å². The van der Waals surface area contributed by atoms with Crippen LogP contribution in [0.25, 0.3) is 0 Å². The fraction of sp³-hybridized carbons (Fsp3) is 0.250. The van der Waals surface area contributed by atoms with Crippen LogP contribution in [0, 0.1) is 5.92 Å². The van der Waals surface area contributed by atoms with E-state index in [1.165, 1.54) is 0 Å². The Hall–Kier alpha value is -2.98. The lowest BCUT2D eigenvalue weighted by Crippen LogP contribution is -2.43. The minimum atomic E-state index is -0.121. The smallest absolute Gasteiger partial charge is 0.139 e. The molecule has 0 aliphatic carbocycles. The lowest BCUT2D eigenvalue weighted by molar-refractivity contribution is -0.126. The monoisotopic (exact) mass is 372 g/mol. The third-order valence-corrected chi connectivity index (χ3v) is 5.50. The largest absolute Gasteiger partial charge is 0.506 e. The second-order valence-corrected chi connectivity index (χ2v) is 7.33. The summed E-state index contributed by atoms with van der Waals surface area (Å²) in [4.78, 5) is 19.5. The Morgan fingerprint density at radius 1 is 0.964 bits per heavy atom. The Labute approximate surface area is 165 Å². The van der Waals surface area contributed by atoms with Gasteiger partial charge >= 0.3 is 0 Å². The Morgan fingerprint density at radius 3 is 2.21 bits per heavy atom. The van der Waals surface area contributed by atoms with Gasteiger partial charge in [-0.15, -0.1) is 0 Å². The zero-order valence-electron chi connectivity index (χ0n) is 15.7. The molecule has 4 heteroatoms. The van der Waals surface area contributed by atoms with Gasteiger partial charge in [-0.05, 0) is 23.3 Å². The number of aromatic nitrogens is 1. The van der Waals surface area contributed by atoms with E-state index < -0.39 is 0 Å². The molecule has 1 N–H and O–H groups in total. The third kappa shape index (κ3) is 3.97. The van der Waals surface area contributed by atoms with Crippen molar-refractivity contribution in [2.75, 3.05) is 13.1 Å². The number of benzene rings is 2. The number of carbonyl (C=O) groups excluding carboxylic acids is 1. The van der Waals surface area contributed by atoms with Crippen LogP contribution in [-0.2, 0) is 11.3 Å². The van der Waals surface area contributed by atoms with Gasteiger partial charge in [0.15, 0.2) is 0 Å². The first-order valence-electron chi connectivity index (χ1n) is 9.70. The number of Topliss-reactive ketones (excluding diaryl/α,β-unsaturated/α-hetero) is 1. The summed E-state index contributed by atoms with van der Waals surface area (Å²) in [5, 5.41) is 10.1. The fourth-order valence-electron chi connectivity index (χ4n) is 4.10. The highest BCUT2D eigenvalue weighted by molar-refractivity contribution is 5.83. The highest BCUT2D eigenvalue weighted by Gasteiger charge is 2.35. The number of aromatic hydroxyl groups is 1. The van der Waals surface area contributed by atoms with Crippen LogP contribution >= 0.6 is 0 Å². The lowest BCUT2D eigenvalue weighted by Gasteiger charge is -2.36. The lowest BCUT2D eigenvalue weighted by atomic mass is 9.76. The molecule has 1 aromatic heterocycles.